The molecule has 0 aromatic heterocycles. The Balaban J connectivity index is 1.94. The topological polar surface area (TPSA) is 24.5 Å². The number of hydrogen-bond acceptors (Lipinski definition) is 3. The van der Waals surface area contributed by atoms with E-state index in [4.69, 9.17) is 4.84 Å². The summed E-state index contributed by atoms with van der Waals surface area (Å²) in [7, 11) is 0. The van der Waals surface area contributed by atoms with Gasteiger partial charge in [0.25, 0.3) is 0 Å². The van der Waals surface area contributed by atoms with Crippen LogP contribution in [0.25, 0.3) is 0 Å². The Hall–Kier alpha value is -0.680. The summed E-state index contributed by atoms with van der Waals surface area (Å²) < 4.78 is 1.11. The molecule has 0 amide bonds. The summed E-state index contributed by atoms with van der Waals surface area (Å²) in [5.41, 5.74) is 4.50. The van der Waals surface area contributed by atoms with Crippen molar-refractivity contribution in [3.05, 3.63) is 47.0 Å². The van der Waals surface area contributed by atoms with Crippen LogP contribution in [0.5, 0.6) is 0 Å². The van der Waals surface area contributed by atoms with Crippen molar-refractivity contribution in [2.75, 3.05) is 26.2 Å². The van der Waals surface area contributed by atoms with Crippen molar-refractivity contribution in [1.29, 1.82) is 0 Å². The van der Waals surface area contributed by atoms with Crippen LogP contribution in [0.4, 0.5) is 0 Å². The van der Waals surface area contributed by atoms with Crippen molar-refractivity contribution in [1.82, 2.24) is 10.4 Å². The first-order chi connectivity index (χ1) is 8.74. The second kappa shape index (κ2) is 4.78. The number of hydroxylamine groups is 1. The summed E-state index contributed by atoms with van der Waals surface area (Å²) in [5.74, 6) is 0.506. The van der Waals surface area contributed by atoms with Gasteiger partial charge in [-0.1, -0.05) is 34.1 Å². The second-order valence-corrected chi connectivity index (χ2v) is 5.99. The van der Waals surface area contributed by atoms with Gasteiger partial charge in [-0.25, -0.2) is 0 Å². The molecule has 0 aliphatic carbocycles. The van der Waals surface area contributed by atoms with Gasteiger partial charge in [0.15, 0.2) is 0 Å². The largest absolute Gasteiger partial charge is 0.300 e. The van der Waals surface area contributed by atoms with E-state index in [0.717, 1.165) is 30.7 Å². The maximum Gasteiger partial charge on any atom is 0.0870 e. The summed E-state index contributed by atoms with van der Waals surface area (Å²) in [4.78, 5) is 7.94. The van der Waals surface area contributed by atoms with Crippen molar-refractivity contribution in [2.45, 2.75) is 5.54 Å². The predicted molar refractivity (Wildman–Crippen MR) is 75.0 cm³/mol. The minimum atomic E-state index is -0.0627. The molecule has 2 fully saturated rings. The SMILES string of the molecule is C=CCN1C[C@@H]2CON[C@]2(c2cccc(Br)c2)C1. The van der Waals surface area contributed by atoms with E-state index < -0.39 is 0 Å². The Morgan fingerprint density at radius 1 is 1.61 bits per heavy atom. The van der Waals surface area contributed by atoms with Crippen LogP contribution in [0, 0.1) is 5.92 Å². The van der Waals surface area contributed by atoms with Gasteiger partial charge in [-0.15, -0.1) is 6.58 Å². The van der Waals surface area contributed by atoms with Gasteiger partial charge in [0.1, 0.15) is 0 Å². The van der Waals surface area contributed by atoms with Gasteiger partial charge in [0.05, 0.1) is 12.1 Å². The Kier molecular flexibility index (Phi) is 3.28. The summed E-state index contributed by atoms with van der Waals surface area (Å²) >= 11 is 3.55. The van der Waals surface area contributed by atoms with Gasteiger partial charge in [0, 0.05) is 30.0 Å². The van der Waals surface area contributed by atoms with Crippen LogP contribution in [0.15, 0.2) is 41.4 Å². The molecule has 2 saturated heterocycles. The third kappa shape index (κ3) is 1.93. The molecule has 96 valence electrons. The monoisotopic (exact) mass is 308 g/mol. The molecule has 4 heteroatoms. The average Bonchev–Trinajstić information content (AvgIpc) is 2.86. The van der Waals surface area contributed by atoms with Gasteiger partial charge < -0.3 is 4.84 Å². The van der Waals surface area contributed by atoms with Crippen LogP contribution in [0.2, 0.25) is 0 Å². The van der Waals surface area contributed by atoms with Crippen molar-refractivity contribution < 1.29 is 4.84 Å². The molecule has 1 aromatic rings. The van der Waals surface area contributed by atoms with Gasteiger partial charge in [-0.3, -0.25) is 4.90 Å². The van der Waals surface area contributed by atoms with Crippen LogP contribution in [0.1, 0.15) is 5.56 Å². The van der Waals surface area contributed by atoms with E-state index in [0.29, 0.717) is 5.92 Å². The number of nitrogens with zero attached hydrogens (tertiary/aromatic N) is 1. The minimum absolute atomic E-state index is 0.0627. The lowest BCUT2D eigenvalue weighted by molar-refractivity contribution is 0.0489. The third-order valence-electron chi connectivity index (χ3n) is 3.91. The number of likely N-dealkylation sites (tertiary alicyclic amines) is 1. The number of rotatable bonds is 3. The fourth-order valence-electron chi connectivity index (χ4n) is 3.07. The average molecular weight is 309 g/mol. The molecule has 0 spiro atoms. The fourth-order valence-corrected chi connectivity index (χ4v) is 3.47. The highest BCUT2D eigenvalue weighted by molar-refractivity contribution is 9.10. The summed E-state index contributed by atoms with van der Waals surface area (Å²) in [6.45, 7) is 7.58. The van der Waals surface area contributed by atoms with Crippen molar-refractivity contribution in [2.24, 2.45) is 5.92 Å². The smallest absolute Gasteiger partial charge is 0.0870 e. The molecule has 18 heavy (non-hydrogen) atoms. The Morgan fingerprint density at radius 3 is 3.28 bits per heavy atom. The van der Waals surface area contributed by atoms with Crippen LogP contribution < -0.4 is 5.48 Å². The van der Waals surface area contributed by atoms with E-state index in [-0.39, 0.29) is 5.54 Å². The molecule has 0 saturated carbocycles. The molecule has 2 aliphatic rings. The maximum atomic E-state index is 5.52. The number of halogens is 1. The van der Waals surface area contributed by atoms with Crippen LogP contribution in [-0.4, -0.2) is 31.1 Å². The molecule has 0 radical (unpaired) electrons. The zero-order valence-electron chi connectivity index (χ0n) is 10.2. The molecule has 0 bridgehead atoms. The summed E-state index contributed by atoms with van der Waals surface area (Å²) in [6.07, 6.45) is 1.97. The number of hydrogen-bond donors (Lipinski definition) is 1. The Morgan fingerprint density at radius 2 is 2.50 bits per heavy atom. The third-order valence-corrected chi connectivity index (χ3v) is 4.41. The first kappa shape index (κ1) is 12.4. The highest BCUT2D eigenvalue weighted by Gasteiger charge is 2.51. The molecular weight excluding hydrogens is 292 g/mol. The van der Waals surface area contributed by atoms with Gasteiger partial charge in [-0.2, -0.15) is 5.48 Å². The molecule has 1 aromatic carbocycles. The molecular formula is C14H17BrN2O. The van der Waals surface area contributed by atoms with Gasteiger partial charge in [0.2, 0.25) is 0 Å². The first-order valence-electron chi connectivity index (χ1n) is 6.23. The normalized spacial score (nSPS) is 31.5. The summed E-state index contributed by atoms with van der Waals surface area (Å²) in [5, 5.41) is 0. The maximum absolute atomic E-state index is 5.52. The second-order valence-electron chi connectivity index (χ2n) is 5.07. The Labute approximate surface area is 116 Å². The lowest BCUT2D eigenvalue weighted by Crippen LogP contribution is -2.43. The lowest BCUT2D eigenvalue weighted by Gasteiger charge is -2.28. The van der Waals surface area contributed by atoms with Crippen LogP contribution in [-0.2, 0) is 10.4 Å². The van der Waals surface area contributed by atoms with Crippen LogP contribution >= 0.6 is 15.9 Å². The molecule has 2 heterocycles. The lowest BCUT2D eigenvalue weighted by atomic mass is 9.83. The first-order valence-corrected chi connectivity index (χ1v) is 7.02. The van der Waals surface area contributed by atoms with Crippen molar-refractivity contribution in [3.63, 3.8) is 0 Å². The zero-order chi connectivity index (χ0) is 12.6. The highest BCUT2D eigenvalue weighted by atomic mass is 79.9. The van der Waals surface area contributed by atoms with E-state index in [2.05, 4.69) is 57.2 Å². The number of benzene rings is 1. The van der Waals surface area contributed by atoms with Crippen molar-refractivity contribution in [3.8, 4) is 0 Å². The van der Waals surface area contributed by atoms with E-state index in [1.165, 1.54) is 5.56 Å². The van der Waals surface area contributed by atoms with Gasteiger partial charge in [-0.05, 0) is 17.7 Å². The fraction of sp³-hybridized carbons (Fsp3) is 0.429. The van der Waals surface area contributed by atoms with Crippen molar-refractivity contribution >= 4 is 15.9 Å². The molecule has 0 unspecified atom stereocenters. The van der Waals surface area contributed by atoms with E-state index in [1.807, 2.05) is 6.08 Å². The highest BCUT2D eigenvalue weighted by Crippen LogP contribution is 2.41. The molecule has 3 rings (SSSR count). The zero-order valence-corrected chi connectivity index (χ0v) is 11.8. The quantitative estimate of drug-likeness (QED) is 0.867. The number of fused-ring (bicyclic) bond motifs is 1. The molecule has 2 aliphatic heterocycles. The van der Waals surface area contributed by atoms with E-state index in [9.17, 15) is 0 Å². The number of nitrogens with one attached hydrogen (secondary N) is 1. The minimum Gasteiger partial charge on any atom is -0.300 e. The Bertz CT molecular complexity index is 465. The van der Waals surface area contributed by atoms with Gasteiger partial charge >= 0.3 is 0 Å². The standard InChI is InChI=1S/C14H17BrN2O/c1-2-6-17-8-12-9-18-16-14(12,10-17)11-4-3-5-13(15)7-11/h2-5,7,12,16H,1,6,8-10H2/t12-,14+/m1/s1. The summed E-state index contributed by atoms with van der Waals surface area (Å²) in [6, 6.07) is 8.51. The van der Waals surface area contributed by atoms with Crippen LogP contribution in [0.3, 0.4) is 0 Å². The molecule has 3 nitrogen and oxygen atoms in total. The predicted octanol–water partition coefficient (Wildman–Crippen LogP) is 2.30. The molecule has 1 N–H and O–H groups in total. The molecule has 2 atom stereocenters. The van der Waals surface area contributed by atoms with E-state index >= 15 is 0 Å². The van der Waals surface area contributed by atoms with E-state index in [1.54, 1.807) is 0 Å².